The number of aliphatic hydroxyl groups excluding tert-OH is 1. The molecule has 2 aromatic rings. The van der Waals surface area contributed by atoms with E-state index in [1.807, 2.05) is 30.3 Å². The number of nitrogens with zero attached hydrogens (tertiary/aromatic N) is 3. The molecule has 0 saturated carbocycles. The highest BCUT2D eigenvalue weighted by Gasteiger charge is 2.12. The van der Waals surface area contributed by atoms with Crippen LogP contribution in [-0.2, 0) is 6.54 Å². The minimum atomic E-state index is 0.0728. The minimum absolute atomic E-state index is 0.0728. The summed E-state index contributed by atoms with van der Waals surface area (Å²) < 4.78 is 1.75. The van der Waals surface area contributed by atoms with Gasteiger partial charge in [-0.3, -0.25) is 0 Å². The fourth-order valence-electron chi connectivity index (χ4n) is 1.82. The third kappa shape index (κ3) is 3.62. The summed E-state index contributed by atoms with van der Waals surface area (Å²) in [4.78, 5) is 4.27. The molecule has 5 nitrogen and oxygen atoms in total. The Morgan fingerprint density at radius 1 is 1.26 bits per heavy atom. The quantitative estimate of drug-likeness (QED) is 0.823. The maximum Gasteiger partial charge on any atom is 0.164 e. The zero-order chi connectivity index (χ0) is 13.7. The lowest BCUT2D eigenvalue weighted by Crippen LogP contribution is -2.36. The Bertz CT molecular complexity index is 495. The van der Waals surface area contributed by atoms with Crippen LogP contribution in [0.2, 0.25) is 0 Å². The lowest BCUT2D eigenvalue weighted by Gasteiger charge is -2.18. The Hall–Kier alpha value is -1.72. The van der Waals surface area contributed by atoms with Crippen molar-refractivity contribution < 1.29 is 5.11 Å². The van der Waals surface area contributed by atoms with Gasteiger partial charge >= 0.3 is 0 Å². The summed E-state index contributed by atoms with van der Waals surface area (Å²) in [5.74, 6) is 1.10. The normalized spacial score (nSPS) is 12.8. The van der Waals surface area contributed by atoms with Crippen LogP contribution >= 0.6 is 0 Å². The van der Waals surface area contributed by atoms with Gasteiger partial charge in [-0.25, -0.2) is 9.67 Å². The van der Waals surface area contributed by atoms with Crippen LogP contribution in [0.5, 0.6) is 0 Å². The highest BCUT2D eigenvalue weighted by Crippen LogP contribution is 2.05. The summed E-state index contributed by atoms with van der Waals surface area (Å²) >= 11 is 0. The van der Waals surface area contributed by atoms with Gasteiger partial charge in [-0.1, -0.05) is 32.0 Å². The summed E-state index contributed by atoms with van der Waals surface area (Å²) in [7, 11) is 0. The first-order valence-corrected chi connectivity index (χ1v) is 6.51. The molecule has 2 rings (SSSR count). The van der Waals surface area contributed by atoms with Crippen molar-refractivity contribution in [2.24, 2.45) is 5.92 Å². The SMILES string of the molecule is CC(C)[C@@H](CO)NCc1ncn(-c2ccccc2)n1. The van der Waals surface area contributed by atoms with Crippen LogP contribution in [0.3, 0.4) is 0 Å². The van der Waals surface area contributed by atoms with Gasteiger partial charge in [0.05, 0.1) is 18.8 Å². The highest BCUT2D eigenvalue weighted by atomic mass is 16.3. The Morgan fingerprint density at radius 2 is 2.00 bits per heavy atom. The lowest BCUT2D eigenvalue weighted by atomic mass is 10.1. The van der Waals surface area contributed by atoms with Crippen molar-refractivity contribution in [1.82, 2.24) is 20.1 Å². The molecule has 0 radical (unpaired) electrons. The molecule has 0 fully saturated rings. The monoisotopic (exact) mass is 260 g/mol. The van der Waals surface area contributed by atoms with Gasteiger partial charge in [0.1, 0.15) is 6.33 Å². The number of rotatable bonds is 6. The smallest absolute Gasteiger partial charge is 0.164 e. The third-order valence-electron chi connectivity index (χ3n) is 3.08. The molecule has 1 atom stereocenters. The molecule has 5 heteroatoms. The average molecular weight is 260 g/mol. The third-order valence-corrected chi connectivity index (χ3v) is 3.08. The van der Waals surface area contributed by atoms with Crippen LogP contribution in [0, 0.1) is 5.92 Å². The van der Waals surface area contributed by atoms with E-state index in [2.05, 4.69) is 29.2 Å². The molecule has 0 bridgehead atoms. The Kier molecular flexibility index (Phi) is 4.65. The van der Waals surface area contributed by atoms with Crippen molar-refractivity contribution in [3.05, 3.63) is 42.5 Å². The van der Waals surface area contributed by atoms with Gasteiger partial charge in [-0.2, -0.15) is 0 Å². The standard InChI is InChI=1S/C14H20N4O/c1-11(2)13(9-19)15-8-14-16-10-18(17-14)12-6-4-3-5-7-12/h3-7,10-11,13,15,19H,8-9H2,1-2H3/t13-/m1/s1. The van der Waals surface area contributed by atoms with Gasteiger partial charge in [-0.05, 0) is 18.1 Å². The number of aromatic nitrogens is 3. The number of hydrogen-bond acceptors (Lipinski definition) is 4. The molecule has 0 aliphatic heterocycles. The Balaban J connectivity index is 1.98. The summed E-state index contributed by atoms with van der Waals surface area (Å²) in [5, 5.41) is 16.9. The molecule has 1 aromatic heterocycles. The fraction of sp³-hybridized carbons (Fsp3) is 0.429. The molecule has 0 spiro atoms. The van der Waals surface area contributed by atoms with E-state index in [9.17, 15) is 5.11 Å². The molecule has 0 saturated heterocycles. The second kappa shape index (κ2) is 6.45. The first-order chi connectivity index (χ1) is 9.20. The van der Waals surface area contributed by atoms with Crippen LogP contribution in [0.4, 0.5) is 0 Å². The van der Waals surface area contributed by atoms with Gasteiger partial charge < -0.3 is 10.4 Å². The highest BCUT2D eigenvalue weighted by molar-refractivity contribution is 5.29. The molecule has 2 N–H and O–H groups in total. The first kappa shape index (κ1) is 13.7. The predicted octanol–water partition coefficient (Wildman–Crippen LogP) is 1.37. The van der Waals surface area contributed by atoms with E-state index < -0.39 is 0 Å². The molecule has 19 heavy (non-hydrogen) atoms. The van der Waals surface area contributed by atoms with E-state index in [0.29, 0.717) is 12.5 Å². The minimum Gasteiger partial charge on any atom is -0.395 e. The average Bonchev–Trinajstić information content (AvgIpc) is 2.89. The van der Waals surface area contributed by atoms with E-state index in [4.69, 9.17) is 0 Å². The van der Waals surface area contributed by atoms with Gasteiger partial charge in [0.25, 0.3) is 0 Å². The maximum atomic E-state index is 9.25. The number of para-hydroxylation sites is 1. The molecule has 0 amide bonds. The summed E-state index contributed by atoms with van der Waals surface area (Å²) in [6.45, 7) is 4.83. The predicted molar refractivity (Wildman–Crippen MR) is 73.9 cm³/mol. The van der Waals surface area contributed by atoms with E-state index in [1.165, 1.54) is 0 Å². The van der Waals surface area contributed by atoms with Crippen molar-refractivity contribution in [1.29, 1.82) is 0 Å². The van der Waals surface area contributed by atoms with E-state index >= 15 is 0 Å². The van der Waals surface area contributed by atoms with Crippen LogP contribution in [0.1, 0.15) is 19.7 Å². The molecule has 102 valence electrons. The van der Waals surface area contributed by atoms with Crippen LogP contribution in [0.25, 0.3) is 5.69 Å². The fourth-order valence-corrected chi connectivity index (χ4v) is 1.82. The van der Waals surface area contributed by atoms with Crippen molar-refractivity contribution in [2.45, 2.75) is 26.4 Å². The second-order valence-corrected chi connectivity index (χ2v) is 4.85. The zero-order valence-corrected chi connectivity index (χ0v) is 11.3. The van der Waals surface area contributed by atoms with Crippen molar-refractivity contribution in [3.8, 4) is 5.69 Å². The molecular weight excluding hydrogens is 240 g/mol. The molecule has 0 unspecified atom stereocenters. The number of hydrogen-bond donors (Lipinski definition) is 2. The number of aliphatic hydroxyl groups is 1. The van der Waals surface area contributed by atoms with E-state index in [1.54, 1.807) is 11.0 Å². The summed E-state index contributed by atoms with van der Waals surface area (Å²) in [6.07, 6.45) is 1.70. The van der Waals surface area contributed by atoms with Gasteiger partial charge in [0.15, 0.2) is 5.82 Å². The first-order valence-electron chi connectivity index (χ1n) is 6.51. The lowest BCUT2D eigenvalue weighted by molar-refractivity contribution is 0.209. The van der Waals surface area contributed by atoms with Crippen molar-refractivity contribution in [2.75, 3.05) is 6.61 Å². The van der Waals surface area contributed by atoms with Gasteiger partial charge in [0, 0.05) is 6.04 Å². The molecule has 0 aliphatic rings. The molecular formula is C14H20N4O. The summed E-state index contributed by atoms with van der Waals surface area (Å²) in [5.41, 5.74) is 0.990. The van der Waals surface area contributed by atoms with Crippen molar-refractivity contribution in [3.63, 3.8) is 0 Å². The Morgan fingerprint density at radius 3 is 2.63 bits per heavy atom. The van der Waals surface area contributed by atoms with Gasteiger partial charge in [-0.15, -0.1) is 5.10 Å². The molecule has 0 aliphatic carbocycles. The van der Waals surface area contributed by atoms with Gasteiger partial charge in [0.2, 0.25) is 0 Å². The zero-order valence-electron chi connectivity index (χ0n) is 11.3. The van der Waals surface area contributed by atoms with E-state index in [-0.39, 0.29) is 12.6 Å². The van der Waals surface area contributed by atoms with Crippen LogP contribution in [0.15, 0.2) is 36.7 Å². The summed E-state index contributed by atoms with van der Waals surface area (Å²) in [6, 6.07) is 9.94. The van der Waals surface area contributed by atoms with E-state index in [0.717, 1.165) is 11.5 Å². The topological polar surface area (TPSA) is 63.0 Å². The number of benzene rings is 1. The number of nitrogens with one attached hydrogen (secondary N) is 1. The van der Waals surface area contributed by atoms with Crippen LogP contribution in [-0.4, -0.2) is 32.5 Å². The largest absolute Gasteiger partial charge is 0.395 e. The van der Waals surface area contributed by atoms with Crippen molar-refractivity contribution >= 4 is 0 Å². The Labute approximate surface area is 113 Å². The van der Waals surface area contributed by atoms with Crippen LogP contribution < -0.4 is 5.32 Å². The second-order valence-electron chi connectivity index (χ2n) is 4.85. The maximum absolute atomic E-state index is 9.25. The molecule has 1 heterocycles. The molecule has 1 aromatic carbocycles.